The third kappa shape index (κ3) is 1.62. The number of rotatable bonds is 1. The van der Waals surface area contributed by atoms with Crippen LogP contribution in [0.2, 0.25) is 0 Å². The van der Waals surface area contributed by atoms with E-state index in [9.17, 15) is 0 Å². The number of pyridine rings is 1. The summed E-state index contributed by atoms with van der Waals surface area (Å²) in [6.07, 6.45) is 0. The minimum absolute atomic E-state index is 0.489. The molecule has 20 heavy (non-hydrogen) atoms. The highest BCUT2D eigenvalue weighted by Gasteiger charge is 2.11. The van der Waals surface area contributed by atoms with E-state index in [0.29, 0.717) is 28.4 Å². The average molecular weight is 261 g/mol. The summed E-state index contributed by atoms with van der Waals surface area (Å²) in [5.41, 5.74) is 9.48. The first kappa shape index (κ1) is 11.0. The fourth-order valence-corrected chi connectivity index (χ4v) is 2.26. The minimum Gasteiger partial charge on any atom is -0.435 e. The van der Waals surface area contributed by atoms with Crippen LogP contribution in [0.1, 0.15) is 0 Å². The Morgan fingerprint density at radius 3 is 2.65 bits per heavy atom. The third-order valence-electron chi connectivity index (χ3n) is 3.27. The van der Waals surface area contributed by atoms with E-state index in [1.807, 2.05) is 54.6 Å². The van der Waals surface area contributed by atoms with E-state index in [-0.39, 0.29) is 0 Å². The van der Waals surface area contributed by atoms with E-state index < -0.39 is 0 Å². The summed E-state index contributed by atoms with van der Waals surface area (Å²) in [5.74, 6) is 0.489. The van der Waals surface area contributed by atoms with E-state index in [1.54, 1.807) is 0 Å². The molecule has 4 rings (SSSR count). The second kappa shape index (κ2) is 4.06. The predicted octanol–water partition coefficient (Wildman–Crippen LogP) is 3.63. The Labute approximate surface area is 114 Å². The molecule has 2 aromatic carbocycles. The lowest BCUT2D eigenvalue weighted by Crippen LogP contribution is -1.86. The Bertz CT molecular complexity index is 927. The molecule has 0 unspecified atom stereocenters. The minimum atomic E-state index is 0.489. The molecular formula is C16H11N3O. The SMILES string of the molecule is Nc1cccc2oc(-c3ccc4ccccc4n3)nc12. The lowest BCUT2D eigenvalue weighted by atomic mass is 10.2. The van der Waals surface area contributed by atoms with Gasteiger partial charge in [-0.15, -0.1) is 0 Å². The number of nitrogen functional groups attached to an aromatic ring is 1. The molecule has 96 valence electrons. The highest BCUT2D eigenvalue weighted by molar-refractivity contribution is 5.87. The van der Waals surface area contributed by atoms with Crippen LogP contribution in [0.3, 0.4) is 0 Å². The van der Waals surface area contributed by atoms with Crippen LogP contribution in [-0.4, -0.2) is 9.97 Å². The van der Waals surface area contributed by atoms with Crippen molar-refractivity contribution in [3.63, 3.8) is 0 Å². The molecule has 4 nitrogen and oxygen atoms in total. The van der Waals surface area contributed by atoms with Gasteiger partial charge in [-0.3, -0.25) is 0 Å². The number of nitrogens with two attached hydrogens (primary N) is 1. The summed E-state index contributed by atoms with van der Waals surface area (Å²) in [5, 5.41) is 1.09. The quantitative estimate of drug-likeness (QED) is 0.531. The first-order chi connectivity index (χ1) is 9.81. The Hall–Kier alpha value is -2.88. The van der Waals surface area contributed by atoms with Crippen LogP contribution in [0.15, 0.2) is 59.0 Å². The first-order valence-electron chi connectivity index (χ1n) is 6.32. The van der Waals surface area contributed by atoms with Crippen LogP contribution in [0.5, 0.6) is 0 Å². The van der Waals surface area contributed by atoms with Gasteiger partial charge in [0.25, 0.3) is 0 Å². The number of nitrogens with zero attached hydrogens (tertiary/aromatic N) is 2. The second-order valence-electron chi connectivity index (χ2n) is 4.60. The second-order valence-corrected chi connectivity index (χ2v) is 4.60. The largest absolute Gasteiger partial charge is 0.435 e. The molecule has 0 saturated carbocycles. The molecule has 4 aromatic rings. The molecule has 0 saturated heterocycles. The Morgan fingerprint density at radius 1 is 0.850 bits per heavy atom. The van der Waals surface area contributed by atoms with Gasteiger partial charge in [0.15, 0.2) is 5.58 Å². The van der Waals surface area contributed by atoms with Crippen molar-refractivity contribution in [3.8, 4) is 11.6 Å². The predicted molar refractivity (Wildman–Crippen MR) is 79.2 cm³/mol. The molecule has 0 spiro atoms. The van der Waals surface area contributed by atoms with Crippen LogP contribution < -0.4 is 5.73 Å². The molecule has 0 aliphatic rings. The van der Waals surface area contributed by atoms with Crippen molar-refractivity contribution < 1.29 is 4.42 Å². The molecule has 0 radical (unpaired) electrons. The molecule has 2 N–H and O–H groups in total. The van der Waals surface area contributed by atoms with Crippen molar-refractivity contribution in [3.05, 3.63) is 54.6 Å². The fourth-order valence-electron chi connectivity index (χ4n) is 2.26. The lowest BCUT2D eigenvalue weighted by Gasteiger charge is -1.98. The number of anilines is 1. The van der Waals surface area contributed by atoms with Gasteiger partial charge in [-0.2, -0.15) is 0 Å². The van der Waals surface area contributed by atoms with Crippen LogP contribution in [0.4, 0.5) is 5.69 Å². The van der Waals surface area contributed by atoms with Crippen molar-refractivity contribution in [1.82, 2.24) is 9.97 Å². The monoisotopic (exact) mass is 261 g/mol. The highest BCUT2D eigenvalue weighted by atomic mass is 16.3. The van der Waals surface area contributed by atoms with Gasteiger partial charge in [-0.1, -0.05) is 30.3 Å². The number of hydrogen-bond donors (Lipinski definition) is 1. The third-order valence-corrected chi connectivity index (χ3v) is 3.27. The molecule has 0 amide bonds. The molecule has 0 aliphatic carbocycles. The summed E-state index contributed by atoms with van der Waals surface area (Å²) in [6, 6.07) is 17.4. The highest BCUT2D eigenvalue weighted by Crippen LogP contribution is 2.27. The van der Waals surface area contributed by atoms with Gasteiger partial charge in [0, 0.05) is 5.39 Å². The smallest absolute Gasteiger partial charge is 0.246 e. The maximum Gasteiger partial charge on any atom is 0.246 e. The molecule has 0 fully saturated rings. The standard InChI is InChI=1S/C16H11N3O/c17-11-5-3-7-14-15(11)19-16(20-14)13-9-8-10-4-1-2-6-12(10)18-13/h1-9H,17H2. The van der Waals surface area contributed by atoms with Crippen LogP contribution in [0, 0.1) is 0 Å². The Morgan fingerprint density at radius 2 is 1.75 bits per heavy atom. The summed E-state index contributed by atoms with van der Waals surface area (Å²) in [6.45, 7) is 0. The van der Waals surface area contributed by atoms with E-state index in [2.05, 4.69) is 9.97 Å². The van der Waals surface area contributed by atoms with Gasteiger partial charge in [0.1, 0.15) is 11.2 Å². The van der Waals surface area contributed by atoms with Gasteiger partial charge >= 0.3 is 0 Å². The number of benzene rings is 2. The summed E-state index contributed by atoms with van der Waals surface area (Å²) >= 11 is 0. The average Bonchev–Trinajstić information content (AvgIpc) is 2.92. The zero-order chi connectivity index (χ0) is 13.5. The van der Waals surface area contributed by atoms with Crippen LogP contribution in [-0.2, 0) is 0 Å². The van der Waals surface area contributed by atoms with Crippen LogP contribution in [0.25, 0.3) is 33.6 Å². The van der Waals surface area contributed by atoms with E-state index in [1.165, 1.54) is 0 Å². The number of para-hydroxylation sites is 2. The number of hydrogen-bond acceptors (Lipinski definition) is 4. The molecular weight excluding hydrogens is 250 g/mol. The van der Waals surface area contributed by atoms with Gasteiger partial charge < -0.3 is 10.2 Å². The van der Waals surface area contributed by atoms with Gasteiger partial charge in [0.2, 0.25) is 5.89 Å². The fraction of sp³-hybridized carbons (Fsp3) is 0. The van der Waals surface area contributed by atoms with E-state index in [4.69, 9.17) is 10.2 Å². The van der Waals surface area contributed by atoms with Crippen molar-refractivity contribution in [2.45, 2.75) is 0 Å². The molecule has 2 aromatic heterocycles. The lowest BCUT2D eigenvalue weighted by molar-refractivity contribution is 0.617. The number of fused-ring (bicyclic) bond motifs is 2. The van der Waals surface area contributed by atoms with Gasteiger partial charge in [-0.25, -0.2) is 9.97 Å². The number of aromatic nitrogens is 2. The summed E-state index contributed by atoms with van der Waals surface area (Å²) < 4.78 is 5.73. The zero-order valence-electron chi connectivity index (χ0n) is 10.6. The zero-order valence-corrected chi connectivity index (χ0v) is 10.6. The van der Waals surface area contributed by atoms with E-state index >= 15 is 0 Å². The van der Waals surface area contributed by atoms with Gasteiger partial charge in [0.05, 0.1) is 11.2 Å². The normalized spacial score (nSPS) is 11.2. The van der Waals surface area contributed by atoms with Crippen LogP contribution >= 0.6 is 0 Å². The Balaban J connectivity index is 1.94. The summed E-state index contributed by atoms with van der Waals surface area (Å²) in [7, 11) is 0. The van der Waals surface area contributed by atoms with Crippen molar-refractivity contribution in [1.29, 1.82) is 0 Å². The molecule has 0 bridgehead atoms. The first-order valence-corrected chi connectivity index (χ1v) is 6.32. The molecule has 0 atom stereocenters. The molecule has 4 heteroatoms. The van der Waals surface area contributed by atoms with E-state index in [0.717, 1.165) is 10.9 Å². The number of oxazole rings is 1. The topological polar surface area (TPSA) is 64.9 Å². The maximum atomic E-state index is 5.90. The Kier molecular flexibility index (Phi) is 2.23. The van der Waals surface area contributed by atoms with Crippen molar-refractivity contribution in [2.24, 2.45) is 0 Å². The molecule has 0 aliphatic heterocycles. The van der Waals surface area contributed by atoms with Crippen molar-refractivity contribution >= 4 is 27.7 Å². The maximum absolute atomic E-state index is 5.90. The van der Waals surface area contributed by atoms with Crippen molar-refractivity contribution in [2.75, 3.05) is 5.73 Å². The summed E-state index contributed by atoms with van der Waals surface area (Å²) in [4.78, 5) is 9.01. The van der Waals surface area contributed by atoms with Gasteiger partial charge in [-0.05, 0) is 24.3 Å². The molecule has 2 heterocycles.